The molecule has 1 amide bonds. The van der Waals surface area contributed by atoms with Gasteiger partial charge in [-0.25, -0.2) is 9.78 Å². The first-order valence-electron chi connectivity index (χ1n) is 9.52. The molecular formula is C20H26N4O5S. The number of hydrogen-bond donors (Lipinski definition) is 3. The fraction of sp³-hybridized carbons (Fsp3) is 0.400. The first-order chi connectivity index (χ1) is 14.4. The van der Waals surface area contributed by atoms with Crippen LogP contribution in [-0.2, 0) is 20.8 Å². The summed E-state index contributed by atoms with van der Waals surface area (Å²) in [7, 11) is 1.28. The summed E-state index contributed by atoms with van der Waals surface area (Å²) in [5.41, 5.74) is 6.41. The second-order valence-corrected chi connectivity index (χ2v) is 7.35. The zero-order valence-electron chi connectivity index (χ0n) is 17.0. The number of nitrogens with two attached hydrogens (primary N) is 1. The van der Waals surface area contributed by atoms with Crippen LogP contribution < -0.4 is 15.8 Å². The van der Waals surface area contributed by atoms with Crippen molar-refractivity contribution in [3.63, 3.8) is 0 Å². The summed E-state index contributed by atoms with van der Waals surface area (Å²) in [4.78, 5) is 33.0. The number of amides is 1. The smallest absolute Gasteiger partial charge is 0.326 e. The van der Waals surface area contributed by atoms with Gasteiger partial charge in [0.15, 0.2) is 10.8 Å². The monoisotopic (exact) mass is 434 g/mol. The predicted octanol–water partition coefficient (Wildman–Crippen LogP) is 2.46. The number of unbranched alkanes of at least 4 members (excludes halogenated alkanes) is 2. The highest BCUT2D eigenvalue weighted by atomic mass is 32.1. The molecule has 1 aromatic carbocycles. The molecule has 9 nitrogen and oxygen atoms in total. The number of aromatic nitrogens is 1. The molecule has 0 aliphatic rings. The third kappa shape index (κ3) is 7.03. The molecule has 4 N–H and O–H groups in total. The maximum atomic E-state index is 12.6. The third-order valence-corrected chi connectivity index (χ3v) is 4.82. The first-order valence-corrected chi connectivity index (χ1v) is 10.4. The van der Waals surface area contributed by atoms with E-state index in [2.05, 4.69) is 22.4 Å². The summed E-state index contributed by atoms with van der Waals surface area (Å²) in [5.74, 6) is -1.16. The van der Waals surface area contributed by atoms with Crippen LogP contribution in [0.5, 0.6) is 5.75 Å². The molecule has 2 rings (SSSR count). The van der Waals surface area contributed by atoms with Crippen molar-refractivity contribution >= 4 is 34.1 Å². The average Bonchev–Trinajstić information content (AvgIpc) is 3.15. The van der Waals surface area contributed by atoms with Crippen LogP contribution in [0.3, 0.4) is 0 Å². The van der Waals surface area contributed by atoms with E-state index >= 15 is 0 Å². The number of ether oxygens (including phenoxy) is 1. The predicted molar refractivity (Wildman–Crippen MR) is 115 cm³/mol. The van der Waals surface area contributed by atoms with Crippen molar-refractivity contribution in [2.75, 3.05) is 19.5 Å². The van der Waals surface area contributed by atoms with Gasteiger partial charge in [0.1, 0.15) is 24.6 Å². The number of thiazole rings is 1. The number of carboxylic acid groups (broad SMARTS) is 1. The molecule has 162 valence electrons. The van der Waals surface area contributed by atoms with Gasteiger partial charge in [0.2, 0.25) is 0 Å². The number of oxime groups is 1. The maximum Gasteiger partial charge on any atom is 0.326 e. The largest absolute Gasteiger partial charge is 0.494 e. The number of nitrogen functional groups attached to an aromatic ring is 1. The van der Waals surface area contributed by atoms with Gasteiger partial charge >= 0.3 is 5.97 Å². The molecule has 0 radical (unpaired) electrons. The van der Waals surface area contributed by atoms with E-state index in [-0.39, 0.29) is 23.0 Å². The third-order valence-electron chi connectivity index (χ3n) is 4.15. The van der Waals surface area contributed by atoms with Crippen molar-refractivity contribution in [1.29, 1.82) is 0 Å². The Morgan fingerprint density at radius 2 is 2.03 bits per heavy atom. The van der Waals surface area contributed by atoms with Gasteiger partial charge in [0, 0.05) is 11.8 Å². The Morgan fingerprint density at radius 3 is 2.60 bits per heavy atom. The van der Waals surface area contributed by atoms with Crippen LogP contribution in [-0.4, -0.2) is 47.4 Å². The summed E-state index contributed by atoms with van der Waals surface area (Å²) >= 11 is 1.14. The lowest BCUT2D eigenvalue weighted by molar-refractivity contribution is -0.141. The van der Waals surface area contributed by atoms with Gasteiger partial charge < -0.3 is 25.7 Å². The quantitative estimate of drug-likeness (QED) is 0.265. The maximum absolute atomic E-state index is 12.6. The summed E-state index contributed by atoms with van der Waals surface area (Å²) < 4.78 is 5.66. The SMILES string of the molecule is CCCCCOc1ccc(C[C@H](NC(=O)/C(=N/OC)c2csc(N)n2)C(=O)O)cc1. The Kier molecular flexibility index (Phi) is 9.07. The second kappa shape index (κ2) is 11.8. The summed E-state index contributed by atoms with van der Waals surface area (Å²) in [6.07, 6.45) is 3.31. The highest BCUT2D eigenvalue weighted by Crippen LogP contribution is 2.15. The lowest BCUT2D eigenvalue weighted by atomic mass is 10.1. The number of nitrogens with zero attached hydrogens (tertiary/aromatic N) is 2. The minimum absolute atomic E-state index is 0.0939. The molecule has 0 aliphatic carbocycles. The van der Waals surface area contributed by atoms with E-state index in [4.69, 9.17) is 15.3 Å². The lowest BCUT2D eigenvalue weighted by Gasteiger charge is -2.15. The van der Waals surface area contributed by atoms with E-state index in [1.54, 1.807) is 29.6 Å². The van der Waals surface area contributed by atoms with Crippen molar-refractivity contribution in [2.24, 2.45) is 5.16 Å². The molecule has 0 saturated heterocycles. The summed E-state index contributed by atoms with van der Waals surface area (Å²) in [6, 6.07) is 5.98. The zero-order valence-corrected chi connectivity index (χ0v) is 17.8. The topological polar surface area (TPSA) is 136 Å². The highest BCUT2D eigenvalue weighted by Gasteiger charge is 2.25. The van der Waals surface area contributed by atoms with Gasteiger partial charge in [-0.1, -0.05) is 37.1 Å². The molecule has 10 heteroatoms. The van der Waals surface area contributed by atoms with Gasteiger partial charge in [-0.15, -0.1) is 11.3 Å². The Balaban J connectivity index is 2.02. The van der Waals surface area contributed by atoms with Gasteiger partial charge in [-0.2, -0.15) is 0 Å². The minimum Gasteiger partial charge on any atom is -0.494 e. The highest BCUT2D eigenvalue weighted by molar-refractivity contribution is 7.13. The molecule has 2 aromatic rings. The number of hydrogen-bond acceptors (Lipinski definition) is 8. The molecule has 30 heavy (non-hydrogen) atoms. The number of carboxylic acids is 1. The number of aliphatic carboxylic acids is 1. The van der Waals surface area contributed by atoms with Crippen LogP contribution in [0.2, 0.25) is 0 Å². The number of carbonyl (C=O) groups excluding carboxylic acids is 1. The normalized spacial score (nSPS) is 12.3. The summed E-state index contributed by atoms with van der Waals surface area (Å²) in [5, 5.41) is 17.5. The van der Waals surface area contributed by atoms with Crippen molar-refractivity contribution in [3.8, 4) is 5.75 Å². The van der Waals surface area contributed by atoms with Crippen molar-refractivity contribution in [2.45, 2.75) is 38.6 Å². The number of carbonyl (C=O) groups is 2. The molecule has 0 bridgehead atoms. The van der Waals surface area contributed by atoms with Gasteiger partial charge in [0.05, 0.1) is 6.61 Å². The van der Waals surface area contributed by atoms with E-state index in [1.165, 1.54) is 7.11 Å². The van der Waals surface area contributed by atoms with Crippen molar-refractivity contribution < 1.29 is 24.3 Å². The second-order valence-electron chi connectivity index (χ2n) is 6.46. The first kappa shape index (κ1) is 23.1. The zero-order chi connectivity index (χ0) is 21.9. The van der Waals surface area contributed by atoms with E-state index in [0.717, 1.165) is 41.9 Å². The van der Waals surface area contributed by atoms with Crippen LogP contribution >= 0.6 is 11.3 Å². The Morgan fingerprint density at radius 1 is 1.30 bits per heavy atom. The fourth-order valence-electron chi connectivity index (χ4n) is 2.62. The molecule has 0 fully saturated rings. The Labute approximate surface area is 178 Å². The fourth-order valence-corrected chi connectivity index (χ4v) is 3.17. The lowest BCUT2D eigenvalue weighted by Crippen LogP contribution is -2.45. The summed E-state index contributed by atoms with van der Waals surface area (Å²) in [6.45, 7) is 2.77. The Bertz CT molecular complexity index is 866. The Hall–Kier alpha value is -3.14. The molecule has 0 aliphatic heterocycles. The van der Waals surface area contributed by atoms with Crippen LogP contribution in [0.15, 0.2) is 34.8 Å². The van der Waals surface area contributed by atoms with Crippen LogP contribution in [0.1, 0.15) is 37.4 Å². The van der Waals surface area contributed by atoms with E-state index in [0.29, 0.717) is 6.61 Å². The molecule has 1 heterocycles. The molecule has 1 aromatic heterocycles. The van der Waals surface area contributed by atoms with Crippen LogP contribution in [0.25, 0.3) is 0 Å². The van der Waals surface area contributed by atoms with Gasteiger partial charge in [-0.3, -0.25) is 4.79 Å². The van der Waals surface area contributed by atoms with E-state index in [1.807, 2.05) is 0 Å². The molecule has 0 saturated carbocycles. The standard InChI is InChI=1S/C20H26N4O5S/c1-3-4-5-10-29-14-8-6-13(7-9-14)11-15(19(26)27)22-18(25)17(24-28-2)16-12-30-20(21)23-16/h6-9,12,15H,3-5,10-11H2,1-2H3,(H2,21,23)(H,22,25)(H,26,27)/b24-17+/t15-/m0/s1. The number of rotatable bonds is 12. The van der Waals surface area contributed by atoms with Crippen LogP contribution in [0, 0.1) is 0 Å². The van der Waals surface area contributed by atoms with Crippen LogP contribution in [0.4, 0.5) is 5.13 Å². The van der Waals surface area contributed by atoms with Gasteiger partial charge in [0.25, 0.3) is 5.91 Å². The minimum atomic E-state index is -1.17. The van der Waals surface area contributed by atoms with E-state index < -0.39 is 17.9 Å². The average molecular weight is 435 g/mol. The van der Waals surface area contributed by atoms with Gasteiger partial charge in [-0.05, 0) is 24.1 Å². The molecular weight excluding hydrogens is 408 g/mol. The molecule has 0 unspecified atom stereocenters. The van der Waals surface area contributed by atoms with E-state index in [9.17, 15) is 14.7 Å². The molecule has 1 atom stereocenters. The molecule has 0 spiro atoms. The van der Waals surface area contributed by atoms with Crippen molar-refractivity contribution in [1.82, 2.24) is 10.3 Å². The number of benzene rings is 1. The van der Waals surface area contributed by atoms with Crippen molar-refractivity contribution in [3.05, 3.63) is 40.9 Å². The number of nitrogens with one attached hydrogen (secondary N) is 1. The number of anilines is 1.